The third kappa shape index (κ3) is 9.65. The first-order valence-electron chi connectivity index (χ1n) is 13.8. The number of carboxylic acids is 1. The molecule has 0 saturated carbocycles. The SMILES string of the molecule is CCCCCCCOc1ccc(C(=O)Oc2ccc(CC(NC(=O)c3cccc(CN)c3)C(=O)O)cc2OC)cc1. The summed E-state index contributed by atoms with van der Waals surface area (Å²) in [5.41, 5.74) is 7.63. The minimum Gasteiger partial charge on any atom is -0.494 e. The van der Waals surface area contributed by atoms with Gasteiger partial charge in [-0.3, -0.25) is 4.79 Å². The average molecular weight is 563 g/mol. The first kappa shape index (κ1) is 31.2. The van der Waals surface area contributed by atoms with Crippen molar-refractivity contribution in [3.8, 4) is 17.2 Å². The number of nitrogens with two attached hydrogens (primary N) is 1. The number of carbonyl (C=O) groups excluding carboxylic acids is 2. The van der Waals surface area contributed by atoms with E-state index in [9.17, 15) is 19.5 Å². The fraction of sp³-hybridized carbons (Fsp3) is 0.344. The lowest BCUT2D eigenvalue weighted by molar-refractivity contribution is -0.139. The topological polar surface area (TPSA) is 137 Å². The van der Waals surface area contributed by atoms with Gasteiger partial charge >= 0.3 is 11.9 Å². The molecule has 9 nitrogen and oxygen atoms in total. The highest BCUT2D eigenvalue weighted by atomic mass is 16.6. The number of ether oxygens (including phenoxy) is 3. The Morgan fingerprint density at radius 2 is 1.63 bits per heavy atom. The van der Waals surface area contributed by atoms with Crippen molar-refractivity contribution in [2.24, 2.45) is 5.73 Å². The first-order chi connectivity index (χ1) is 19.8. The van der Waals surface area contributed by atoms with Gasteiger partial charge in [0.05, 0.1) is 19.3 Å². The lowest BCUT2D eigenvalue weighted by Gasteiger charge is -2.16. The number of rotatable bonds is 16. The smallest absolute Gasteiger partial charge is 0.343 e. The predicted octanol–water partition coefficient (Wildman–Crippen LogP) is 5.15. The van der Waals surface area contributed by atoms with Crippen LogP contribution in [0.3, 0.4) is 0 Å². The molecular weight excluding hydrogens is 524 g/mol. The molecule has 3 aromatic carbocycles. The average Bonchev–Trinajstić information content (AvgIpc) is 2.99. The number of nitrogens with one attached hydrogen (secondary N) is 1. The van der Waals surface area contributed by atoms with E-state index in [-0.39, 0.29) is 24.5 Å². The van der Waals surface area contributed by atoms with Crippen LogP contribution >= 0.6 is 0 Å². The molecule has 4 N–H and O–H groups in total. The zero-order valence-corrected chi connectivity index (χ0v) is 23.6. The van der Waals surface area contributed by atoms with E-state index in [1.54, 1.807) is 60.7 Å². The minimum absolute atomic E-state index is 0.0116. The Labute approximate surface area is 240 Å². The van der Waals surface area contributed by atoms with Crippen molar-refractivity contribution >= 4 is 17.8 Å². The monoisotopic (exact) mass is 562 g/mol. The lowest BCUT2D eigenvalue weighted by atomic mass is 10.0. The summed E-state index contributed by atoms with van der Waals surface area (Å²) in [5.74, 6) is -1.16. The Balaban J connectivity index is 1.60. The van der Waals surface area contributed by atoms with Crippen LogP contribution in [0.1, 0.15) is 70.9 Å². The number of benzene rings is 3. The molecule has 1 unspecified atom stereocenters. The van der Waals surface area contributed by atoms with E-state index in [2.05, 4.69) is 12.2 Å². The standard InChI is InChI=1S/C32H38N2O7/c1-3-4-5-6-7-17-40-26-14-12-24(13-15-26)32(38)41-28-16-11-22(20-29(28)39-2)19-27(31(36)37)34-30(35)25-10-8-9-23(18-25)21-33/h8-16,18,20,27H,3-7,17,19,21,33H2,1-2H3,(H,34,35)(H,36,37). The normalized spacial score (nSPS) is 11.4. The number of carbonyl (C=O) groups is 3. The molecule has 218 valence electrons. The molecule has 0 bridgehead atoms. The van der Waals surface area contributed by atoms with E-state index in [1.165, 1.54) is 32.4 Å². The van der Waals surface area contributed by atoms with Crippen LogP contribution in [0.5, 0.6) is 17.2 Å². The summed E-state index contributed by atoms with van der Waals surface area (Å²) in [6.07, 6.45) is 5.75. The number of methoxy groups -OCH3 is 1. The van der Waals surface area contributed by atoms with E-state index in [0.29, 0.717) is 29.0 Å². The van der Waals surface area contributed by atoms with Crippen LogP contribution in [0.15, 0.2) is 66.7 Å². The Morgan fingerprint density at radius 3 is 2.32 bits per heavy atom. The molecule has 1 atom stereocenters. The molecule has 0 spiro atoms. The van der Waals surface area contributed by atoms with Crippen molar-refractivity contribution in [3.05, 3.63) is 89.0 Å². The predicted molar refractivity (Wildman–Crippen MR) is 156 cm³/mol. The van der Waals surface area contributed by atoms with Gasteiger partial charge in [-0.1, -0.05) is 50.8 Å². The van der Waals surface area contributed by atoms with Gasteiger partial charge in [0.15, 0.2) is 11.5 Å². The van der Waals surface area contributed by atoms with Crippen LogP contribution in [0.4, 0.5) is 0 Å². The summed E-state index contributed by atoms with van der Waals surface area (Å²) >= 11 is 0. The van der Waals surface area contributed by atoms with Crippen molar-refractivity contribution in [1.29, 1.82) is 0 Å². The van der Waals surface area contributed by atoms with Crippen molar-refractivity contribution in [2.45, 2.75) is 58.0 Å². The van der Waals surface area contributed by atoms with Gasteiger partial charge in [-0.25, -0.2) is 9.59 Å². The van der Waals surface area contributed by atoms with Gasteiger partial charge < -0.3 is 30.4 Å². The van der Waals surface area contributed by atoms with Gasteiger partial charge in [-0.05, 0) is 66.1 Å². The molecule has 0 aliphatic rings. The summed E-state index contributed by atoms with van der Waals surface area (Å²) in [7, 11) is 1.42. The summed E-state index contributed by atoms with van der Waals surface area (Å²) in [5, 5.41) is 12.3. The maximum atomic E-state index is 12.8. The van der Waals surface area contributed by atoms with Crippen LogP contribution in [0.25, 0.3) is 0 Å². The summed E-state index contributed by atoms with van der Waals surface area (Å²) in [6, 6.07) is 17.0. The van der Waals surface area contributed by atoms with E-state index in [4.69, 9.17) is 19.9 Å². The van der Waals surface area contributed by atoms with Crippen LogP contribution in [0.2, 0.25) is 0 Å². The summed E-state index contributed by atoms with van der Waals surface area (Å²) in [4.78, 5) is 37.3. The van der Waals surface area contributed by atoms with Gasteiger partial charge in [-0.2, -0.15) is 0 Å². The Bertz CT molecular complexity index is 1310. The molecule has 0 aliphatic carbocycles. The fourth-order valence-corrected chi connectivity index (χ4v) is 4.18. The maximum Gasteiger partial charge on any atom is 0.343 e. The number of amides is 1. The first-order valence-corrected chi connectivity index (χ1v) is 13.8. The third-order valence-corrected chi connectivity index (χ3v) is 6.51. The van der Waals surface area contributed by atoms with E-state index in [0.717, 1.165) is 18.4 Å². The second-order valence-corrected chi connectivity index (χ2v) is 9.63. The molecule has 0 aliphatic heterocycles. The molecule has 0 aromatic heterocycles. The quantitative estimate of drug-likeness (QED) is 0.124. The highest BCUT2D eigenvalue weighted by Crippen LogP contribution is 2.29. The fourth-order valence-electron chi connectivity index (χ4n) is 4.18. The van der Waals surface area contributed by atoms with Crippen molar-refractivity contribution in [3.63, 3.8) is 0 Å². The van der Waals surface area contributed by atoms with Gasteiger partial charge in [0.25, 0.3) is 5.91 Å². The highest BCUT2D eigenvalue weighted by Gasteiger charge is 2.22. The number of carboxylic acid groups (broad SMARTS) is 1. The molecule has 3 aromatic rings. The summed E-state index contributed by atoms with van der Waals surface area (Å²) < 4.78 is 16.7. The second-order valence-electron chi connectivity index (χ2n) is 9.63. The molecule has 41 heavy (non-hydrogen) atoms. The van der Waals surface area contributed by atoms with Crippen LogP contribution < -0.4 is 25.3 Å². The van der Waals surface area contributed by atoms with Crippen LogP contribution in [0, 0.1) is 0 Å². The Kier molecular flexibility index (Phi) is 12.2. The van der Waals surface area contributed by atoms with E-state index < -0.39 is 23.9 Å². The number of esters is 1. The number of hydrogen-bond donors (Lipinski definition) is 3. The molecule has 3 rings (SSSR count). The van der Waals surface area contributed by atoms with Gasteiger partial charge in [0, 0.05) is 18.5 Å². The molecule has 0 saturated heterocycles. The van der Waals surface area contributed by atoms with Crippen LogP contribution in [-0.2, 0) is 17.8 Å². The molecule has 0 heterocycles. The van der Waals surface area contributed by atoms with Crippen molar-refractivity contribution < 1.29 is 33.7 Å². The zero-order valence-electron chi connectivity index (χ0n) is 23.6. The second kappa shape index (κ2) is 16.0. The molecule has 0 radical (unpaired) electrons. The Hall–Kier alpha value is -4.37. The van der Waals surface area contributed by atoms with Gasteiger partial charge in [-0.15, -0.1) is 0 Å². The number of aliphatic carboxylic acids is 1. The van der Waals surface area contributed by atoms with E-state index >= 15 is 0 Å². The van der Waals surface area contributed by atoms with E-state index in [1.807, 2.05) is 0 Å². The van der Waals surface area contributed by atoms with Crippen LogP contribution in [-0.4, -0.2) is 42.7 Å². The minimum atomic E-state index is -1.20. The zero-order chi connectivity index (χ0) is 29.6. The molecule has 9 heteroatoms. The third-order valence-electron chi connectivity index (χ3n) is 6.51. The number of hydrogen-bond acceptors (Lipinski definition) is 7. The largest absolute Gasteiger partial charge is 0.494 e. The maximum absolute atomic E-state index is 12.8. The van der Waals surface area contributed by atoms with Crippen molar-refractivity contribution in [2.75, 3.05) is 13.7 Å². The Morgan fingerprint density at radius 1 is 0.878 bits per heavy atom. The van der Waals surface area contributed by atoms with Gasteiger partial charge in [0.1, 0.15) is 11.8 Å². The van der Waals surface area contributed by atoms with Gasteiger partial charge in [0.2, 0.25) is 0 Å². The highest BCUT2D eigenvalue weighted by molar-refractivity contribution is 5.96. The molecule has 1 amide bonds. The lowest BCUT2D eigenvalue weighted by Crippen LogP contribution is -2.42. The molecular formula is C32H38N2O7. The van der Waals surface area contributed by atoms with Crippen molar-refractivity contribution in [1.82, 2.24) is 5.32 Å². The number of unbranched alkanes of at least 4 members (excludes halogenated alkanes) is 4. The molecule has 0 fully saturated rings. The summed E-state index contributed by atoms with van der Waals surface area (Å²) in [6.45, 7) is 3.07.